The maximum atomic E-state index is 10.6. The first-order valence-electron chi connectivity index (χ1n) is 7.81. The van der Waals surface area contributed by atoms with Gasteiger partial charge >= 0.3 is 0 Å². The highest BCUT2D eigenvalue weighted by Gasteiger charge is 2.06. The van der Waals surface area contributed by atoms with E-state index in [4.69, 9.17) is 0 Å². The van der Waals surface area contributed by atoms with E-state index in [0.717, 1.165) is 43.9 Å². The second-order valence-electron chi connectivity index (χ2n) is 5.27. The van der Waals surface area contributed by atoms with Crippen LogP contribution in [0.15, 0.2) is 29.3 Å². The molecule has 0 saturated heterocycles. The van der Waals surface area contributed by atoms with Crippen molar-refractivity contribution >= 4 is 35.6 Å². The number of nitrogens with one attached hydrogen (secondary N) is 1. The van der Waals surface area contributed by atoms with E-state index < -0.39 is 0 Å². The Morgan fingerprint density at radius 3 is 2.43 bits per heavy atom. The Morgan fingerprint density at radius 2 is 1.91 bits per heavy atom. The first-order chi connectivity index (χ1) is 10.6. The Labute approximate surface area is 155 Å². The topological polar surface area (TPSA) is 70.8 Å². The maximum absolute atomic E-state index is 10.6. The van der Waals surface area contributed by atoms with Crippen molar-refractivity contribution in [2.45, 2.75) is 39.7 Å². The molecule has 0 atom stereocenters. The van der Waals surface area contributed by atoms with Gasteiger partial charge < -0.3 is 10.2 Å². The molecule has 1 aromatic rings. The van der Waals surface area contributed by atoms with E-state index in [1.165, 1.54) is 12.1 Å². The van der Waals surface area contributed by atoms with Crippen molar-refractivity contribution in [3.8, 4) is 0 Å². The first-order valence-corrected chi connectivity index (χ1v) is 7.81. The molecule has 0 amide bonds. The Hall–Kier alpha value is -1.38. The zero-order chi connectivity index (χ0) is 16.4. The van der Waals surface area contributed by atoms with Crippen molar-refractivity contribution < 1.29 is 4.92 Å². The normalized spacial score (nSPS) is 10.8. The molecule has 0 saturated carbocycles. The molecule has 1 aromatic carbocycles. The summed E-state index contributed by atoms with van der Waals surface area (Å²) in [5.74, 6) is 0.883. The summed E-state index contributed by atoms with van der Waals surface area (Å²) >= 11 is 0. The number of non-ortho nitro benzene ring substituents is 1. The number of guanidine groups is 1. The third-order valence-electron chi connectivity index (χ3n) is 3.30. The first kappa shape index (κ1) is 21.6. The molecule has 0 aliphatic rings. The summed E-state index contributed by atoms with van der Waals surface area (Å²) in [5.41, 5.74) is 1.07. The summed E-state index contributed by atoms with van der Waals surface area (Å²) in [6, 6.07) is 6.55. The molecule has 0 aliphatic heterocycles. The minimum absolute atomic E-state index is 0. The average molecular weight is 434 g/mol. The molecule has 0 bridgehead atoms. The highest BCUT2D eigenvalue weighted by molar-refractivity contribution is 14.0. The molecule has 130 valence electrons. The summed E-state index contributed by atoms with van der Waals surface area (Å²) in [7, 11) is 2.03. The van der Waals surface area contributed by atoms with Gasteiger partial charge in [-0.2, -0.15) is 0 Å². The minimum Gasteiger partial charge on any atom is -0.356 e. The predicted octanol–water partition coefficient (Wildman–Crippen LogP) is 3.80. The highest BCUT2D eigenvalue weighted by Crippen LogP contribution is 2.12. The fourth-order valence-corrected chi connectivity index (χ4v) is 1.94. The van der Waals surface area contributed by atoms with Crippen LogP contribution in [0, 0.1) is 10.1 Å². The predicted molar refractivity (Wildman–Crippen MR) is 105 cm³/mol. The smallest absolute Gasteiger partial charge is 0.269 e. The van der Waals surface area contributed by atoms with Gasteiger partial charge in [-0.1, -0.05) is 32.4 Å². The zero-order valence-electron chi connectivity index (χ0n) is 14.1. The molecule has 0 aromatic heterocycles. The number of nitrogens with zero attached hydrogens (tertiary/aromatic N) is 3. The largest absolute Gasteiger partial charge is 0.356 e. The van der Waals surface area contributed by atoms with Gasteiger partial charge in [0.2, 0.25) is 0 Å². The van der Waals surface area contributed by atoms with Gasteiger partial charge in [0.05, 0.1) is 11.5 Å². The van der Waals surface area contributed by atoms with Crippen molar-refractivity contribution in [3.63, 3.8) is 0 Å². The van der Waals surface area contributed by atoms with Gasteiger partial charge in [-0.05, 0) is 18.4 Å². The molecular weight excluding hydrogens is 407 g/mol. The van der Waals surface area contributed by atoms with Crippen LogP contribution in [0.4, 0.5) is 5.69 Å². The quantitative estimate of drug-likeness (QED) is 0.222. The van der Waals surface area contributed by atoms with Crippen LogP contribution >= 0.6 is 24.0 Å². The molecule has 0 aliphatic carbocycles. The van der Waals surface area contributed by atoms with Gasteiger partial charge in [-0.15, -0.1) is 24.0 Å². The summed E-state index contributed by atoms with van der Waals surface area (Å²) in [6.07, 6.45) is 3.31. The fraction of sp³-hybridized carbons (Fsp3) is 0.562. The third kappa shape index (κ3) is 8.15. The van der Waals surface area contributed by atoms with Crippen LogP contribution in [-0.4, -0.2) is 35.9 Å². The lowest BCUT2D eigenvalue weighted by molar-refractivity contribution is -0.384. The van der Waals surface area contributed by atoms with E-state index in [0.29, 0.717) is 6.54 Å². The highest BCUT2D eigenvalue weighted by atomic mass is 127. The lowest BCUT2D eigenvalue weighted by Gasteiger charge is -2.22. The molecule has 1 rings (SSSR count). The molecule has 0 radical (unpaired) electrons. The van der Waals surface area contributed by atoms with Crippen LogP contribution in [0.2, 0.25) is 0 Å². The van der Waals surface area contributed by atoms with E-state index in [2.05, 4.69) is 29.1 Å². The number of hydrogen-bond donors (Lipinski definition) is 1. The van der Waals surface area contributed by atoms with Crippen LogP contribution in [0.1, 0.15) is 38.7 Å². The fourth-order valence-electron chi connectivity index (χ4n) is 1.94. The number of benzene rings is 1. The third-order valence-corrected chi connectivity index (χ3v) is 3.30. The zero-order valence-corrected chi connectivity index (χ0v) is 16.4. The Morgan fingerprint density at radius 1 is 1.26 bits per heavy atom. The van der Waals surface area contributed by atoms with E-state index in [-0.39, 0.29) is 34.6 Å². The average Bonchev–Trinajstić information content (AvgIpc) is 2.53. The van der Waals surface area contributed by atoms with Gasteiger partial charge in [0.15, 0.2) is 5.96 Å². The van der Waals surface area contributed by atoms with Gasteiger partial charge in [-0.3, -0.25) is 10.1 Å². The summed E-state index contributed by atoms with van der Waals surface area (Å²) < 4.78 is 0. The van der Waals surface area contributed by atoms with E-state index in [1.54, 1.807) is 12.1 Å². The number of hydrogen-bond acceptors (Lipinski definition) is 3. The molecule has 6 nitrogen and oxygen atoms in total. The van der Waals surface area contributed by atoms with Crippen LogP contribution in [-0.2, 0) is 6.54 Å². The monoisotopic (exact) mass is 434 g/mol. The number of nitro benzene ring substituents is 1. The SMILES string of the molecule is CCCCN(C)C(=NCc1ccc([N+](=O)[O-])cc1)NCCC.I. The number of halogens is 1. The van der Waals surface area contributed by atoms with Gasteiger partial charge in [0.1, 0.15) is 0 Å². The van der Waals surface area contributed by atoms with Crippen molar-refractivity contribution in [3.05, 3.63) is 39.9 Å². The molecule has 7 heteroatoms. The van der Waals surface area contributed by atoms with Crippen molar-refractivity contribution in [2.75, 3.05) is 20.1 Å². The molecular formula is C16H27IN4O2. The molecule has 0 spiro atoms. The van der Waals surface area contributed by atoms with E-state index in [1.807, 2.05) is 7.05 Å². The minimum atomic E-state index is -0.389. The second kappa shape index (κ2) is 12.1. The Bertz CT molecular complexity index is 491. The Balaban J connectivity index is 0.00000484. The van der Waals surface area contributed by atoms with Crippen LogP contribution in [0.3, 0.4) is 0 Å². The lowest BCUT2D eigenvalue weighted by Crippen LogP contribution is -2.39. The number of rotatable bonds is 8. The lowest BCUT2D eigenvalue weighted by atomic mass is 10.2. The number of unbranched alkanes of at least 4 members (excludes halogenated alkanes) is 1. The number of nitro groups is 1. The second-order valence-corrected chi connectivity index (χ2v) is 5.27. The summed E-state index contributed by atoms with van der Waals surface area (Å²) in [5, 5.41) is 14.0. The van der Waals surface area contributed by atoms with Crippen molar-refractivity contribution in [1.82, 2.24) is 10.2 Å². The summed E-state index contributed by atoms with van der Waals surface area (Å²) in [6.45, 7) is 6.65. The van der Waals surface area contributed by atoms with Crippen LogP contribution in [0.25, 0.3) is 0 Å². The molecule has 23 heavy (non-hydrogen) atoms. The molecule has 0 heterocycles. The van der Waals surface area contributed by atoms with Crippen molar-refractivity contribution in [2.24, 2.45) is 4.99 Å². The van der Waals surface area contributed by atoms with Crippen LogP contribution < -0.4 is 5.32 Å². The van der Waals surface area contributed by atoms with Gasteiger partial charge in [0, 0.05) is 32.3 Å². The van der Waals surface area contributed by atoms with E-state index in [9.17, 15) is 10.1 Å². The molecule has 0 unspecified atom stereocenters. The molecule has 0 fully saturated rings. The molecule has 1 N–H and O–H groups in total. The van der Waals surface area contributed by atoms with Crippen molar-refractivity contribution in [1.29, 1.82) is 0 Å². The number of aliphatic imine (C=N–C) groups is 1. The van der Waals surface area contributed by atoms with Crippen LogP contribution in [0.5, 0.6) is 0 Å². The standard InChI is InChI=1S/C16H26N4O2.HI/c1-4-6-12-19(3)16(17-11-5-2)18-13-14-7-9-15(10-8-14)20(21)22;/h7-10H,4-6,11-13H2,1-3H3,(H,17,18);1H. The van der Waals surface area contributed by atoms with Gasteiger partial charge in [0.25, 0.3) is 5.69 Å². The maximum Gasteiger partial charge on any atom is 0.269 e. The summed E-state index contributed by atoms with van der Waals surface area (Å²) in [4.78, 5) is 17.0. The van der Waals surface area contributed by atoms with Gasteiger partial charge in [-0.25, -0.2) is 4.99 Å². The van der Waals surface area contributed by atoms with E-state index >= 15 is 0 Å². The Kier molecular flexibility index (Phi) is 11.4.